The molecular formula is C13H19N5O3. The molecule has 2 aliphatic rings. The van der Waals surface area contributed by atoms with Crippen molar-refractivity contribution in [2.24, 2.45) is 5.92 Å². The highest BCUT2D eigenvalue weighted by molar-refractivity contribution is 5.84. The molecule has 2 amide bonds. The van der Waals surface area contributed by atoms with E-state index in [9.17, 15) is 9.59 Å². The first-order chi connectivity index (χ1) is 10.1. The molecule has 2 N–H and O–H groups in total. The topological polar surface area (TPSA) is 100 Å². The fourth-order valence-corrected chi connectivity index (χ4v) is 2.71. The van der Waals surface area contributed by atoms with Gasteiger partial charge in [0.25, 0.3) is 0 Å². The number of carboxylic acids is 1. The minimum atomic E-state index is -1.09. The van der Waals surface area contributed by atoms with Crippen LogP contribution < -0.4 is 5.32 Å². The number of hydrogen-bond acceptors (Lipinski definition) is 4. The Morgan fingerprint density at radius 3 is 2.86 bits per heavy atom. The van der Waals surface area contributed by atoms with Gasteiger partial charge in [0.2, 0.25) is 0 Å². The van der Waals surface area contributed by atoms with Gasteiger partial charge in [0.05, 0.1) is 12.2 Å². The fraction of sp³-hybridized carbons (Fsp3) is 0.692. The summed E-state index contributed by atoms with van der Waals surface area (Å²) in [6.07, 6.45) is 4.81. The van der Waals surface area contributed by atoms with Crippen LogP contribution in [-0.2, 0) is 0 Å². The largest absolute Gasteiger partial charge is 0.476 e. The summed E-state index contributed by atoms with van der Waals surface area (Å²) < 4.78 is 1.52. The van der Waals surface area contributed by atoms with Gasteiger partial charge in [-0.2, -0.15) is 0 Å². The van der Waals surface area contributed by atoms with E-state index in [0.717, 1.165) is 12.8 Å². The number of amides is 2. The highest BCUT2D eigenvalue weighted by Crippen LogP contribution is 2.35. The van der Waals surface area contributed by atoms with E-state index in [4.69, 9.17) is 5.11 Å². The Morgan fingerprint density at radius 1 is 1.48 bits per heavy atom. The van der Waals surface area contributed by atoms with E-state index in [1.165, 1.54) is 17.3 Å². The van der Waals surface area contributed by atoms with Crippen LogP contribution in [0.4, 0.5) is 4.79 Å². The van der Waals surface area contributed by atoms with Crippen molar-refractivity contribution in [3.8, 4) is 0 Å². The summed E-state index contributed by atoms with van der Waals surface area (Å²) in [5, 5.41) is 19.2. The third-order valence-corrected chi connectivity index (χ3v) is 4.14. The van der Waals surface area contributed by atoms with Crippen LogP contribution in [0.3, 0.4) is 0 Å². The van der Waals surface area contributed by atoms with E-state index in [1.807, 2.05) is 0 Å². The Bertz CT molecular complexity index is 552. The molecule has 0 radical (unpaired) electrons. The maximum absolute atomic E-state index is 12.0. The third-order valence-electron chi connectivity index (χ3n) is 4.14. The number of nitrogens with zero attached hydrogens (tertiary/aromatic N) is 4. The van der Waals surface area contributed by atoms with Gasteiger partial charge in [0.15, 0.2) is 5.69 Å². The molecule has 1 aromatic heterocycles. The Kier molecular flexibility index (Phi) is 3.52. The quantitative estimate of drug-likeness (QED) is 0.833. The van der Waals surface area contributed by atoms with Gasteiger partial charge in [-0.1, -0.05) is 18.6 Å². The van der Waals surface area contributed by atoms with Crippen molar-refractivity contribution in [2.75, 3.05) is 13.1 Å². The molecule has 0 bridgehead atoms. The van der Waals surface area contributed by atoms with Crippen LogP contribution in [0, 0.1) is 5.92 Å². The minimum absolute atomic E-state index is 0.0157. The first kappa shape index (κ1) is 13.8. The zero-order valence-electron chi connectivity index (χ0n) is 11.9. The molecule has 21 heavy (non-hydrogen) atoms. The van der Waals surface area contributed by atoms with Gasteiger partial charge >= 0.3 is 12.0 Å². The van der Waals surface area contributed by atoms with Crippen LogP contribution in [0.2, 0.25) is 0 Å². The average Bonchev–Trinajstić information content (AvgIpc) is 2.91. The predicted octanol–water partition coefficient (Wildman–Crippen LogP) is 0.731. The molecule has 1 aromatic rings. The van der Waals surface area contributed by atoms with Crippen molar-refractivity contribution in [1.82, 2.24) is 25.2 Å². The lowest BCUT2D eigenvalue weighted by molar-refractivity contribution is 0.0690. The standard InChI is InChI=1S/C13H19N5O3/c1-2-3-8-4-10(8)14-13(21)17-5-9(6-17)18-7-11(12(19)20)15-16-18/h7-10H,2-6H2,1H3,(H,14,21)(H,19,20). The van der Waals surface area contributed by atoms with E-state index < -0.39 is 5.97 Å². The number of rotatable bonds is 5. The summed E-state index contributed by atoms with van der Waals surface area (Å²) in [5.41, 5.74) is -0.0710. The molecule has 114 valence electrons. The monoisotopic (exact) mass is 293 g/mol. The van der Waals surface area contributed by atoms with Crippen LogP contribution >= 0.6 is 0 Å². The van der Waals surface area contributed by atoms with Gasteiger partial charge in [-0.25, -0.2) is 14.3 Å². The molecule has 0 aromatic carbocycles. The van der Waals surface area contributed by atoms with Crippen LogP contribution in [0.15, 0.2) is 6.20 Å². The number of likely N-dealkylation sites (tertiary alicyclic amines) is 1. The van der Waals surface area contributed by atoms with E-state index in [1.54, 1.807) is 4.90 Å². The van der Waals surface area contributed by atoms with Crippen molar-refractivity contribution in [3.63, 3.8) is 0 Å². The third kappa shape index (κ3) is 2.84. The van der Waals surface area contributed by atoms with Gasteiger partial charge in [-0.3, -0.25) is 0 Å². The Hall–Kier alpha value is -2.12. The van der Waals surface area contributed by atoms with Crippen molar-refractivity contribution < 1.29 is 14.7 Å². The van der Waals surface area contributed by atoms with Gasteiger partial charge in [-0.15, -0.1) is 5.10 Å². The minimum Gasteiger partial charge on any atom is -0.476 e. The highest BCUT2D eigenvalue weighted by atomic mass is 16.4. The van der Waals surface area contributed by atoms with Gasteiger partial charge in [0.1, 0.15) is 0 Å². The predicted molar refractivity (Wildman–Crippen MR) is 72.9 cm³/mol. The maximum atomic E-state index is 12.0. The summed E-state index contributed by atoms with van der Waals surface area (Å²) in [4.78, 5) is 24.4. The molecule has 0 spiro atoms. The highest BCUT2D eigenvalue weighted by Gasteiger charge is 2.40. The maximum Gasteiger partial charge on any atom is 0.358 e. The molecule has 2 unspecified atom stereocenters. The number of aromatic nitrogens is 3. The first-order valence-electron chi connectivity index (χ1n) is 7.29. The summed E-state index contributed by atoms with van der Waals surface area (Å²) in [7, 11) is 0. The lowest BCUT2D eigenvalue weighted by Gasteiger charge is -2.38. The fourth-order valence-electron chi connectivity index (χ4n) is 2.71. The van der Waals surface area contributed by atoms with E-state index >= 15 is 0 Å². The molecule has 8 nitrogen and oxygen atoms in total. The Balaban J connectivity index is 1.44. The van der Waals surface area contributed by atoms with Gasteiger partial charge in [-0.05, 0) is 18.8 Å². The second-order valence-electron chi connectivity index (χ2n) is 5.79. The second kappa shape index (κ2) is 5.34. The summed E-state index contributed by atoms with van der Waals surface area (Å²) in [5.74, 6) is -0.449. The zero-order chi connectivity index (χ0) is 15.0. The normalized spacial score (nSPS) is 24.5. The Morgan fingerprint density at radius 2 is 2.24 bits per heavy atom. The molecule has 3 rings (SSSR count). The average molecular weight is 293 g/mol. The Labute approximate surface area is 122 Å². The number of carboxylic acid groups (broad SMARTS) is 1. The van der Waals surface area contributed by atoms with E-state index in [0.29, 0.717) is 25.0 Å². The number of carbonyl (C=O) groups excluding carboxylic acids is 1. The van der Waals surface area contributed by atoms with Gasteiger partial charge in [0, 0.05) is 19.1 Å². The zero-order valence-corrected chi connectivity index (χ0v) is 11.9. The van der Waals surface area contributed by atoms with Crippen LogP contribution in [0.1, 0.15) is 42.7 Å². The molecule has 2 atom stereocenters. The second-order valence-corrected chi connectivity index (χ2v) is 5.79. The number of hydrogen-bond donors (Lipinski definition) is 2. The molecule has 1 saturated heterocycles. The van der Waals surface area contributed by atoms with E-state index in [-0.39, 0.29) is 17.8 Å². The summed E-state index contributed by atoms with van der Waals surface area (Å²) >= 11 is 0. The number of urea groups is 1. The lowest BCUT2D eigenvalue weighted by atomic mass is 10.1. The smallest absolute Gasteiger partial charge is 0.358 e. The van der Waals surface area contributed by atoms with Crippen molar-refractivity contribution >= 4 is 12.0 Å². The van der Waals surface area contributed by atoms with Crippen LogP contribution in [0.25, 0.3) is 0 Å². The van der Waals surface area contributed by atoms with E-state index in [2.05, 4.69) is 22.6 Å². The number of aromatic carboxylic acids is 1. The molecule has 2 fully saturated rings. The van der Waals surface area contributed by atoms with Crippen LogP contribution in [0.5, 0.6) is 0 Å². The van der Waals surface area contributed by atoms with Crippen molar-refractivity contribution in [1.29, 1.82) is 0 Å². The number of carbonyl (C=O) groups is 2. The summed E-state index contributed by atoms with van der Waals surface area (Å²) in [6, 6.07) is 0.317. The number of nitrogens with one attached hydrogen (secondary N) is 1. The summed E-state index contributed by atoms with van der Waals surface area (Å²) in [6.45, 7) is 3.24. The lowest BCUT2D eigenvalue weighted by Crippen LogP contribution is -2.54. The molecular weight excluding hydrogens is 274 g/mol. The molecule has 8 heteroatoms. The molecule has 1 saturated carbocycles. The van der Waals surface area contributed by atoms with Crippen molar-refractivity contribution in [2.45, 2.75) is 38.3 Å². The van der Waals surface area contributed by atoms with Crippen LogP contribution in [-0.4, -0.2) is 56.1 Å². The first-order valence-corrected chi connectivity index (χ1v) is 7.29. The molecule has 1 aliphatic carbocycles. The van der Waals surface area contributed by atoms with Gasteiger partial charge < -0.3 is 15.3 Å². The molecule has 2 heterocycles. The SMILES string of the molecule is CCCC1CC1NC(=O)N1CC(n2cc(C(=O)O)nn2)C1. The molecule has 1 aliphatic heterocycles. The van der Waals surface area contributed by atoms with Crippen molar-refractivity contribution in [3.05, 3.63) is 11.9 Å².